The normalized spacial score (nSPS) is 16.8. The van der Waals surface area contributed by atoms with E-state index in [9.17, 15) is 9.59 Å². The van der Waals surface area contributed by atoms with Crippen LogP contribution in [0.1, 0.15) is 25.7 Å². The zero-order valence-corrected chi connectivity index (χ0v) is 10.2. The van der Waals surface area contributed by atoms with Crippen LogP contribution in [-0.2, 0) is 19.2 Å². The van der Waals surface area contributed by atoms with Gasteiger partial charge in [-0.3, -0.25) is 14.4 Å². The van der Waals surface area contributed by atoms with E-state index in [0.717, 1.165) is 19.3 Å². The van der Waals surface area contributed by atoms with Crippen LogP contribution in [0, 0.1) is 0 Å². The Kier molecular flexibility index (Phi) is 6.57. The summed E-state index contributed by atoms with van der Waals surface area (Å²) >= 11 is 0. The Hall–Kier alpha value is -1.14. The second-order valence-electron chi connectivity index (χ2n) is 3.99. The highest BCUT2D eigenvalue weighted by atomic mass is 16.7. The van der Waals surface area contributed by atoms with E-state index in [0.29, 0.717) is 26.2 Å². The molecule has 0 aromatic carbocycles. The van der Waals surface area contributed by atoms with Crippen LogP contribution in [-0.4, -0.2) is 50.1 Å². The third kappa shape index (κ3) is 5.65. The lowest BCUT2D eigenvalue weighted by molar-refractivity contribution is -0.142. The molecule has 1 saturated heterocycles. The minimum atomic E-state index is -0.295. The molecule has 17 heavy (non-hydrogen) atoms. The van der Waals surface area contributed by atoms with E-state index >= 15 is 0 Å². The highest BCUT2D eigenvalue weighted by Crippen LogP contribution is 2.10. The van der Waals surface area contributed by atoms with Crippen LogP contribution in [0.25, 0.3) is 0 Å². The molecule has 98 valence electrons. The van der Waals surface area contributed by atoms with Gasteiger partial charge in [0.15, 0.2) is 0 Å². The second kappa shape index (κ2) is 8.03. The second-order valence-corrected chi connectivity index (χ2v) is 3.99. The minimum Gasteiger partial charge on any atom is -0.382 e. The zero-order valence-electron chi connectivity index (χ0n) is 10.2. The summed E-state index contributed by atoms with van der Waals surface area (Å²) in [6.45, 7) is 1.45. The summed E-state index contributed by atoms with van der Waals surface area (Å²) in [5.74, 6) is -0.245. The predicted octanol–water partition coefficient (Wildman–Crippen LogP) is 0.0832. The SMILES string of the molecule is COCCONC(=O)CN1CCCCCC1=O. The molecule has 0 aromatic heterocycles. The van der Waals surface area contributed by atoms with Crippen LogP contribution in [0.15, 0.2) is 0 Å². The first-order chi connectivity index (χ1) is 8.24. The minimum absolute atomic E-state index is 0.0505. The summed E-state index contributed by atoms with van der Waals surface area (Å²) in [4.78, 5) is 29.5. The molecule has 0 saturated carbocycles. The number of carbonyl (C=O) groups excluding carboxylic acids is 2. The van der Waals surface area contributed by atoms with Crippen LogP contribution in [0.2, 0.25) is 0 Å². The number of amides is 2. The number of nitrogens with one attached hydrogen (secondary N) is 1. The molecule has 1 fully saturated rings. The molecule has 0 aromatic rings. The Labute approximate surface area is 101 Å². The lowest BCUT2D eigenvalue weighted by Crippen LogP contribution is -2.40. The van der Waals surface area contributed by atoms with Crippen LogP contribution in [0.4, 0.5) is 0 Å². The molecule has 1 heterocycles. The van der Waals surface area contributed by atoms with Gasteiger partial charge in [0.05, 0.1) is 13.2 Å². The van der Waals surface area contributed by atoms with Crippen LogP contribution >= 0.6 is 0 Å². The first kappa shape index (κ1) is 13.9. The first-order valence-electron chi connectivity index (χ1n) is 5.91. The molecule has 1 N–H and O–H groups in total. The van der Waals surface area contributed by atoms with Gasteiger partial charge in [-0.2, -0.15) is 0 Å². The van der Waals surface area contributed by atoms with E-state index in [4.69, 9.17) is 9.57 Å². The molecule has 0 radical (unpaired) electrons. The maximum atomic E-state index is 11.6. The number of rotatable bonds is 6. The summed E-state index contributed by atoms with van der Waals surface area (Å²) in [6, 6.07) is 0. The number of hydroxylamine groups is 1. The van der Waals surface area contributed by atoms with Crippen molar-refractivity contribution < 1.29 is 19.2 Å². The average molecular weight is 244 g/mol. The number of carbonyl (C=O) groups is 2. The van der Waals surface area contributed by atoms with Crippen molar-refractivity contribution in [2.45, 2.75) is 25.7 Å². The Morgan fingerprint density at radius 2 is 2.18 bits per heavy atom. The van der Waals surface area contributed by atoms with Gasteiger partial charge < -0.3 is 9.64 Å². The Morgan fingerprint density at radius 3 is 2.94 bits per heavy atom. The fourth-order valence-corrected chi connectivity index (χ4v) is 1.67. The number of hydrogen-bond acceptors (Lipinski definition) is 4. The third-order valence-electron chi connectivity index (χ3n) is 2.58. The van der Waals surface area contributed by atoms with Crippen LogP contribution in [0.5, 0.6) is 0 Å². The smallest absolute Gasteiger partial charge is 0.263 e. The van der Waals surface area contributed by atoms with Gasteiger partial charge in [-0.25, -0.2) is 5.48 Å². The lowest BCUT2D eigenvalue weighted by Gasteiger charge is -2.19. The molecule has 1 aliphatic heterocycles. The number of nitrogens with zero attached hydrogens (tertiary/aromatic N) is 1. The molecule has 0 spiro atoms. The van der Waals surface area contributed by atoms with Crippen molar-refractivity contribution in [2.75, 3.05) is 33.4 Å². The Bertz CT molecular complexity index is 258. The molecule has 6 nitrogen and oxygen atoms in total. The molecular weight excluding hydrogens is 224 g/mol. The van der Waals surface area contributed by atoms with E-state index in [1.807, 2.05) is 0 Å². The fraction of sp³-hybridized carbons (Fsp3) is 0.818. The van der Waals surface area contributed by atoms with Crippen molar-refractivity contribution in [1.82, 2.24) is 10.4 Å². The number of ether oxygens (including phenoxy) is 1. The molecule has 1 aliphatic rings. The predicted molar refractivity (Wildman–Crippen MR) is 61.0 cm³/mol. The zero-order chi connectivity index (χ0) is 12.5. The highest BCUT2D eigenvalue weighted by molar-refractivity contribution is 5.84. The molecule has 2 amide bonds. The molecule has 0 aliphatic carbocycles. The summed E-state index contributed by atoms with van der Waals surface area (Å²) in [5.41, 5.74) is 2.29. The van der Waals surface area contributed by atoms with Gasteiger partial charge >= 0.3 is 0 Å². The topological polar surface area (TPSA) is 67.9 Å². The van der Waals surface area contributed by atoms with Gasteiger partial charge in [0.25, 0.3) is 5.91 Å². The monoisotopic (exact) mass is 244 g/mol. The molecule has 0 atom stereocenters. The maximum Gasteiger partial charge on any atom is 0.263 e. The molecule has 0 unspecified atom stereocenters. The van der Waals surface area contributed by atoms with E-state index in [2.05, 4.69) is 5.48 Å². The standard InChI is InChI=1S/C11H20N2O4/c1-16-7-8-17-12-10(14)9-13-6-4-2-3-5-11(13)15/h2-9H2,1H3,(H,12,14). The summed E-state index contributed by atoms with van der Waals surface area (Å²) in [7, 11) is 1.56. The van der Waals surface area contributed by atoms with Gasteiger partial charge in [-0.15, -0.1) is 0 Å². The molecule has 6 heteroatoms. The molecular formula is C11H20N2O4. The quantitative estimate of drug-likeness (QED) is 0.531. The number of likely N-dealkylation sites (tertiary alicyclic amines) is 1. The van der Waals surface area contributed by atoms with Gasteiger partial charge in [0, 0.05) is 20.1 Å². The average Bonchev–Trinajstić information content (AvgIpc) is 2.51. The van der Waals surface area contributed by atoms with Gasteiger partial charge in [-0.1, -0.05) is 6.42 Å². The molecule has 1 rings (SSSR count). The van der Waals surface area contributed by atoms with Gasteiger partial charge in [0.2, 0.25) is 5.91 Å². The number of methoxy groups -OCH3 is 1. The van der Waals surface area contributed by atoms with Gasteiger partial charge in [0.1, 0.15) is 6.54 Å². The summed E-state index contributed by atoms with van der Waals surface area (Å²) in [5, 5.41) is 0. The first-order valence-corrected chi connectivity index (χ1v) is 5.91. The largest absolute Gasteiger partial charge is 0.382 e. The lowest BCUT2D eigenvalue weighted by atomic mass is 10.2. The molecule has 0 bridgehead atoms. The summed E-state index contributed by atoms with van der Waals surface area (Å²) in [6.07, 6.45) is 3.47. The van der Waals surface area contributed by atoms with E-state index in [1.54, 1.807) is 12.0 Å². The Morgan fingerprint density at radius 1 is 1.35 bits per heavy atom. The summed E-state index contributed by atoms with van der Waals surface area (Å²) < 4.78 is 4.77. The van der Waals surface area contributed by atoms with E-state index < -0.39 is 0 Å². The van der Waals surface area contributed by atoms with Crippen LogP contribution < -0.4 is 5.48 Å². The van der Waals surface area contributed by atoms with E-state index in [-0.39, 0.29) is 18.4 Å². The van der Waals surface area contributed by atoms with Crippen molar-refractivity contribution in [3.63, 3.8) is 0 Å². The third-order valence-corrected chi connectivity index (χ3v) is 2.58. The van der Waals surface area contributed by atoms with Crippen molar-refractivity contribution in [3.8, 4) is 0 Å². The Balaban J connectivity index is 2.21. The fourth-order valence-electron chi connectivity index (χ4n) is 1.67. The van der Waals surface area contributed by atoms with Crippen molar-refractivity contribution >= 4 is 11.8 Å². The van der Waals surface area contributed by atoms with Crippen molar-refractivity contribution in [3.05, 3.63) is 0 Å². The van der Waals surface area contributed by atoms with E-state index in [1.165, 1.54) is 0 Å². The van der Waals surface area contributed by atoms with Gasteiger partial charge in [-0.05, 0) is 12.8 Å². The highest BCUT2D eigenvalue weighted by Gasteiger charge is 2.18. The van der Waals surface area contributed by atoms with Crippen molar-refractivity contribution in [1.29, 1.82) is 0 Å². The maximum absolute atomic E-state index is 11.6. The van der Waals surface area contributed by atoms with Crippen LogP contribution in [0.3, 0.4) is 0 Å². The number of hydrogen-bond donors (Lipinski definition) is 1. The van der Waals surface area contributed by atoms with Crippen molar-refractivity contribution in [2.24, 2.45) is 0 Å².